The average Bonchev–Trinajstić information content (AvgIpc) is 2.34. The number of benzene rings is 1. The molecule has 0 amide bonds. The molecule has 0 bridgehead atoms. The quantitative estimate of drug-likeness (QED) is 0.712. The normalized spacial score (nSPS) is 14.6. The van der Waals surface area contributed by atoms with Crippen LogP contribution in [0.25, 0.3) is 0 Å². The third kappa shape index (κ3) is 5.33. The summed E-state index contributed by atoms with van der Waals surface area (Å²) < 4.78 is 0. The number of aliphatic hydroxyl groups excluding tert-OH is 1. The van der Waals surface area contributed by atoms with E-state index in [1.807, 2.05) is 0 Å². The number of aliphatic hydroxyl groups is 1. The van der Waals surface area contributed by atoms with Gasteiger partial charge in [0.05, 0.1) is 0 Å². The fourth-order valence-corrected chi connectivity index (χ4v) is 1.83. The summed E-state index contributed by atoms with van der Waals surface area (Å²) in [7, 11) is 0. The lowest BCUT2D eigenvalue weighted by atomic mass is 10.1. The zero-order chi connectivity index (χ0) is 12.7. The first-order chi connectivity index (χ1) is 8.13. The van der Waals surface area contributed by atoms with Crippen molar-refractivity contribution in [3.8, 4) is 0 Å². The highest BCUT2D eigenvalue weighted by atomic mass is 16.3. The zero-order valence-electron chi connectivity index (χ0n) is 11.2. The summed E-state index contributed by atoms with van der Waals surface area (Å²) in [6.45, 7) is 7.70. The Morgan fingerprint density at radius 1 is 1.18 bits per heavy atom. The second kappa shape index (κ2) is 7.46. The second-order valence-corrected chi connectivity index (χ2v) is 5.02. The van der Waals surface area contributed by atoms with E-state index in [2.05, 4.69) is 50.4 Å². The largest absolute Gasteiger partial charge is 0.396 e. The van der Waals surface area contributed by atoms with Gasteiger partial charge < -0.3 is 10.4 Å². The Bertz CT molecular complexity index is 307. The molecule has 0 heterocycles. The van der Waals surface area contributed by atoms with Gasteiger partial charge in [0.1, 0.15) is 0 Å². The molecular weight excluding hydrogens is 210 g/mol. The molecule has 2 unspecified atom stereocenters. The minimum Gasteiger partial charge on any atom is -0.396 e. The van der Waals surface area contributed by atoms with Crippen molar-refractivity contribution in [3.63, 3.8) is 0 Å². The minimum absolute atomic E-state index is 0.299. The van der Waals surface area contributed by atoms with Crippen molar-refractivity contribution in [2.24, 2.45) is 5.92 Å². The maximum Gasteiger partial charge on any atom is 0.0456 e. The predicted molar refractivity (Wildman–Crippen MR) is 73.1 cm³/mol. The molecule has 0 aliphatic rings. The number of hydrogen-bond donors (Lipinski definition) is 2. The van der Waals surface area contributed by atoms with Crippen LogP contribution in [0.5, 0.6) is 0 Å². The summed E-state index contributed by atoms with van der Waals surface area (Å²) in [5, 5.41) is 12.4. The fourth-order valence-electron chi connectivity index (χ4n) is 1.83. The fraction of sp³-hybridized carbons (Fsp3) is 0.600. The lowest BCUT2D eigenvalue weighted by molar-refractivity contribution is 0.227. The monoisotopic (exact) mass is 235 g/mol. The Kier molecular flexibility index (Phi) is 6.23. The van der Waals surface area contributed by atoms with Crippen molar-refractivity contribution in [2.45, 2.75) is 39.7 Å². The molecule has 0 fully saturated rings. The van der Waals surface area contributed by atoms with Gasteiger partial charge in [0.25, 0.3) is 0 Å². The molecule has 0 aromatic heterocycles. The van der Waals surface area contributed by atoms with Crippen LogP contribution in [-0.2, 0) is 0 Å². The molecule has 0 radical (unpaired) electrons. The summed E-state index contributed by atoms with van der Waals surface area (Å²) in [6.07, 6.45) is 2.21. The van der Waals surface area contributed by atoms with Crippen LogP contribution >= 0.6 is 0 Å². The molecule has 0 saturated heterocycles. The molecule has 2 N–H and O–H groups in total. The van der Waals surface area contributed by atoms with Crippen LogP contribution in [0.4, 0.5) is 0 Å². The molecule has 0 aliphatic heterocycles. The second-order valence-electron chi connectivity index (χ2n) is 5.02. The molecule has 96 valence electrons. The average molecular weight is 235 g/mol. The van der Waals surface area contributed by atoms with E-state index in [4.69, 9.17) is 5.11 Å². The third-order valence-corrected chi connectivity index (χ3v) is 3.21. The van der Waals surface area contributed by atoms with E-state index < -0.39 is 0 Å². The molecule has 0 aliphatic carbocycles. The van der Waals surface area contributed by atoms with Gasteiger partial charge in [-0.25, -0.2) is 0 Å². The van der Waals surface area contributed by atoms with E-state index in [0.29, 0.717) is 18.6 Å². The molecular formula is C15H25NO. The highest BCUT2D eigenvalue weighted by Gasteiger charge is 2.04. The van der Waals surface area contributed by atoms with E-state index in [-0.39, 0.29) is 0 Å². The summed E-state index contributed by atoms with van der Waals surface area (Å²) in [4.78, 5) is 0. The van der Waals surface area contributed by atoms with Crippen LogP contribution < -0.4 is 5.32 Å². The topological polar surface area (TPSA) is 32.3 Å². The van der Waals surface area contributed by atoms with Crippen molar-refractivity contribution in [3.05, 3.63) is 35.4 Å². The standard InChI is InChI=1S/C15H25NO/c1-12-6-8-15(9-7-12)14(3)16-10-4-5-13(2)11-17/h6-9,13-14,16-17H,4-5,10-11H2,1-3H3. The van der Waals surface area contributed by atoms with Crippen LogP contribution in [-0.4, -0.2) is 18.3 Å². The highest BCUT2D eigenvalue weighted by molar-refractivity contribution is 5.23. The van der Waals surface area contributed by atoms with E-state index in [1.54, 1.807) is 0 Å². The van der Waals surface area contributed by atoms with Gasteiger partial charge in [0.15, 0.2) is 0 Å². The van der Waals surface area contributed by atoms with Crippen molar-refractivity contribution in [1.82, 2.24) is 5.32 Å². The van der Waals surface area contributed by atoms with Gasteiger partial charge in [0.2, 0.25) is 0 Å². The minimum atomic E-state index is 0.299. The summed E-state index contributed by atoms with van der Waals surface area (Å²) >= 11 is 0. The van der Waals surface area contributed by atoms with E-state index in [9.17, 15) is 0 Å². The zero-order valence-corrected chi connectivity index (χ0v) is 11.2. The molecule has 2 heteroatoms. The van der Waals surface area contributed by atoms with Crippen LogP contribution in [0.15, 0.2) is 24.3 Å². The van der Waals surface area contributed by atoms with Gasteiger partial charge >= 0.3 is 0 Å². The SMILES string of the molecule is Cc1ccc(C(C)NCCCC(C)CO)cc1. The number of rotatable bonds is 7. The molecule has 17 heavy (non-hydrogen) atoms. The maximum atomic E-state index is 8.93. The lowest BCUT2D eigenvalue weighted by Crippen LogP contribution is -2.20. The maximum absolute atomic E-state index is 8.93. The van der Waals surface area contributed by atoms with E-state index >= 15 is 0 Å². The van der Waals surface area contributed by atoms with Gasteiger partial charge in [-0.15, -0.1) is 0 Å². The van der Waals surface area contributed by atoms with Gasteiger partial charge in [0, 0.05) is 12.6 Å². The van der Waals surface area contributed by atoms with Crippen LogP contribution in [0, 0.1) is 12.8 Å². The summed E-state index contributed by atoms with van der Waals surface area (Å²) in [5.41, 5.74) is 2.64. The van der Waals surface area contributed by atoms with Gasteiger partial charge in [-0.3, -0.25) is 0 Å². The Labute approximate surface area is 105 Å². The molecule has 1 aromatic carbocycles. The molecule has 2 nitrogen and oxygen atoms in total. The van der Waals surface area contributed by atoms with Gasteiger partial charge in [-0.2, -0.15) is 0 Å². The number of hydrogen-bond acceptors (Lipinski definition) is 2. The number of nitrogens with one attached hydrogen (secondary N) is 1. The molecule has 2 atom stereocenters. The summed E-state index contributed by atoms with van der Waals surface area (Å²) in [6, 6.07) is 9.08. The summed E-state index contributed by atoms with van der Waals surface area (Å²) in [5.74, 6) is 0.423. The van der Waals surface area contributed by atoms with Crippen LogP contribution in [0.3, 0.4) is 0 Å². The highest BCUT2D eigenvalue weighted by Crippen LogP contribution is 2.13. The molecule has 0 saturated carbocycles. The first-order valence-electron chi connectivity index (χ1n) is 6.54. The van der Waals surface area contributed by atoms with Gasteiger partial charge in [-0.1, -0.05) is 36.8 Å². The first-order valence-corrected chi connectivity index (χ1v) is 6.54. The molecule has 0 spiro atoms. The third-order valence-electron chi connectivity index (χ3n) is 3.21. The Morgan fingerprint density at radius 2 is 1.82 bits per heavy atom. The predicted octanol–water partition coefficient (Wildman–Crippen LogP) is 3.05. The van der Waals surface area contributed by atoms with Gasteiger partial charge in [-0.05, 0) is 44.7 Å². The van der Waals surface area contributed by atoms with Crippen molar-refractivity contribution in [1.29, 1.82) is 0 Å². The van der Waals surface area contributed by atoms with Crippen LogP contribution in [0.2, 0.25) is 0 Å². The Balaban J connectivity index is 2.25. The van der Waals surface area contributed by atoms with Crippen LogP contribution in [0.1, 0.15) is 43.9 Å². The molecule has 1 aromatic rings. The van der Waals surface area contributed by atoms with E-state index in [1.165, 1.54) is 11.1 Å². The van der Waals surface area contributed by atoms with Crippen molar-refractivity contribution in [2.75, 3.05) is 13.2 Å². The lowest BCUT2D eigenvalue weighted by Gasteiger charge is -2.15. The number of aryl methyl sites for hydroxylation is 1. The van der Waals surface area contributed by atoms with E-state index in [0.717, 1.165) is 19.4 Å². The van der Waals surface area contributed by atoms with Crippen molar-refractivity contribution < 1.29 is 5.11 Å². The van der Waals surface area contributed by atoms with Crippen molar-refractivity contribution >= 4 is 0 Å². The first kappa shape index (κ1) is 14.2. The smallest absolute Gasteiger partial charge is 0.0456 e. The Hall–Kier alpha value is -0.860. The molecule has 1 rings (SSSR count). The Morgan fingerprint density at radius 3 is 2.41 bits per heavy atom.